The number of rotatable bonds is 1. The molecule has 2 nitrogen and oxygen atoms in total. The van der Waals surface area contributed by atoms with Crippen LogP contribution in [0.2, 0.25) is 10.0 Å². The van der Waals surface area contributed by atoms with Gasteiger partial charge in [0.2, 0.25) is 0 Å². The summed E-state index contributed by atoms with van der Waals surface area (Å²) in [6.07, 6.45) is 6.85. The average Bonchev–Trinajstić information content (AvgIpc) is 2.61. The Labute approximate surface area is 128 Å². The van der Waals surface area contributed by atoms with Gasteiger partial charge < -0.3 is 9.47 Å². The Kier molecular flexibility index (Phi) is 3.77. The molecule has 3 rings (SSSR count). The van der Waals surface area contributed by atoms with Gasteiger partial charge in [0.1, 0.15) is 13.2 Å². The van der Waals surface area contributed by atoms with Crippen LogP contribution in [0.15, 0.2) is 41.9 Å². The molecule has 0 saturated carbocycles. The van der Waals surface area contributed by atoms with Gasteiger partial charge in [0, 0.05) is 11.1 Å². The summed E-state index contributed by atoms with van der Waals surface area (Å²) in [4.78, 5) is 0. The highest BCUT2D eigenvalue weighted by Crippen LogP contribution is 2.38. The summed E-state index contributed by atoms with van der Waals surface area (Å²) in [7, 11) is 0. The standard InChI is InChI=1S/C16H14Cl2O2/c1-10-8-12(17)15(13(18)9-10)11-4-2-3-5-14-16(11)20-7-6-19-14/h2,4-5,8-9H,3,6-7H2,1H3. The Morgan fingerprint density at radius 3 is 2.50 bits per heavy atom. The Morgan fingerprint density at radius 2 is 1.75 bits per heavy atom. The van der Waals surface area contributed by atoms with Crippen LogP contribution < -0.4 is 0 Å². The maximum absolute atomic E-state index is 6.38. The molecule has 20 heavy (non-hydrogen) atoms. The van der Waals surface area contributed by atoms with Crippen molar-refractivity contribution in [1.29, 1.82) is 0 Å². The highest BCUT2D eigenvalue weighted by Gasteiger charge is 2.23. The van der Waals surface area contributed by atoms with Crippen LogP contribution >= 0.6 is 23.2 Å². The molecule has 1 aliphatic heterocycles. The summed E-state index contributed by atoms with van der Waals surface area (Å²) < 4.78 is 11.5. The molecular weight excluding hydrogens is 295 g/mol. The minimum Gasteiger partial charge on any atom is -0.486 e. The van der Waals surface area contributed by atoms with E-state index in [0.29, 0.717) is 23.3 Å². The van der Waals surface area contributed by atoms with E-state index in [4.69, 9.17) is 32.7 Å². The molecule has 104 valence electrons. The number of hydrogen-bond donors (Lipinski definition) is 0. The van der Waals surface area contributed by atoms with Gasteiger partial charge in [-0.3, -0.25) is 0 Å². The first-order valence-corrected chi connectivity index (χ1v) is 7.25. The second-order valence-electron chi connectivity index (χ2n) is 4.75. The van der Waals surface area contributed by atoms with E-state index in [1.54, 1.807) is 0 Å². The van der Waals surface area contributed by atoms with Gasteiger partial charge >= 0.3 is 0 Å². The molecule has 1 aromatic rings. The van der Waals surface area contributed by atoms with E-state index in [1.165, 1.54) is 0 Å². The molecule has 1 saturated heterocycles. The molecular formula is C16H14Cl2O2. The molecule has 1 fully saturated rings. The summed E-state index contributed by atoms with van der Waals surface area (Å²) in [5.41, 5.74) is 2.70. The van der Waals surface area contributed by atoms with Crippen LogP contribution in [0.5, 0.6) is 0 Å². The number of allylic oxidation sites excluding steroid dienone is 4. The van der Waals surface area contributed by atoms with Crippen LogP contribution in [0.1, 0.15) is 17.5 Å². The first kappa shape index (κ1) is 13.6. The van der Waals surface area contributed by atoms with Crippen molar-refractivity contribution in [3.63, 3.8) is 0 Å². The molecule has 0 spiro atoms. The minimum absolute atomic E-state index is 0.533. The number of aryl methyl sites for hydroxylation is 1. The number of benzene rings is 1. The molecule has 0 radical (unpaired) electrons. The largest absolute Gasteiger partial charge is 0.486 e. The van der Waals surface area contributed by atoms with Crippen molar-refractivity contribution in [2.45, 2.75) is 13.3 Å². The second-order valence-corrected chi connectivity index (χ2v) is 5.56. The second kappa shape index (κ2) is 5.55. The smallest absolute Gasteiger partial charge is 0.168 e. The lowest BCUT2D eigenvalue weighted by molar-refractivity contribution is 0.0606. The summed E-state index contributed by atoms with van der Waals surface area (Å²) >= 11 is 12.8. The predicted octanol–water partition coefficient (Wildman–Crippen LogP) is 4.90. The van der Waals surface area contributed by atoms with Crippen LogP contribution in [-0.4, -0.2) is 13.2 Å². The average molecular weight is 309 g/mol. The van der Waals surface area contributed by atoms with Gasteiger partial charge in [0.15, 0.2) is 11.5 Å². The van der Waals surface area contributed by atoms with Crippen molar-refractivity contribution in [2.24, 2.45) is 0 Å². The van der Waals surface area contributed by atoms with Gasteiger partial charge in [-0.1, -0.05) is 35.4 Å². The quantitative estimate of drug-likeness (QED) is 0.734. The van der Waals surface area contributed by atoms with Gasteiger partial charge in [-0.05, 0) is 37.1 Å². The lowest BCUT2D eigenvalue weighted by Gasteiger charge is -2.23. The third-order valence-electron chi connectivity index (χ3n) is 3.24. The van der Waals surface area contributed by atoms with Gasteiger partial charge in [0.25, 0.3) is 0 Å². The van der Waals surface area contributed by atoms with E-state index in [1.807, 2.05) is 37.3 Å². The first-order chi connectivity index (χ1) is 9.66. The molecule has 0 unspecified atom stereocenters. The van der Waals surface area contributed by atoms with Crippen molar-refractivity contribution < 1.29 is 9.47 Å². The van der Waals surface area contributed by atoms with Crippen molar-refractivity contribution >= 4 is 28.8 Å². The SMILES string of the molecule is Cc1cc(Cl)c(C2=C3OCCOC3=CCC=C2)c(Cl)c1. The Bertz CT molecular complexity index is 619. The molecule has 0 amide bonds. The molecule has 4 heteroatoms. The highest BCUT2D eigenvalue weighted by molar-refractivity contribution is 6.38. The van der Waals surface area contributed by atoms with E-state index < -0.39 is 0 Å². The van der Waals surface area contributed by atoms with Gasteiger partial charge in [-0.15, -0.1) is 0 Å². The molecule has 1 aromatic carbocycles. The fourth-order valence-electron chi connectivity index (χ4n) is 2.38. The zero-order valence-corrected chi connectivity index (χ0v) is 12.6. The van der Waals surface area contributed by atoms with E-state index in [9.17, 15) is 0 Å². The molecule has 1 aliphatic carbocycles. The molecule has 0 atom stereocenters. The van der Waals surface area contributed by atoms with Crippen molar-refractivity contribution in [1.82, 2.24) is 0 Å². The van der Waals surface area contributed by atoms with Crippen molar-refractivity contribution in [2.75, 3.05) is 13.2 Å². The molecule has 2 aliphatic rings. The summed E-state index contributed by atoms with van der Waals surface area (Å²) in [5, 5.41) is 1.25. The van der Waals surface area contributed by atoms with Gasteiger partial charge in [0.05, 0.1) is 10.0 Å². The molecule has 0 N–H and O–H groups in total. The Morgan fingerprint density at radius 1 is 1.05 bits per heavy atom. The molecule has 1 heterocycles. The number of fused-ring (bicyclic) bond motifs is 1. The summed E-state index contributed by atoms with van der Waals surface area (Å²) in [6.45, 7) is 3.07. The van der Waals surface area contributed by atoms with Gasteiger partial charge in [-0.2, -0.15) is 0 Å². The van der Waals surface area contributed by atoms with E-state index in [0.717, 1.165) is 34.6 Å². The topological polar surface area (TPSA) is 18.5 Å². The Hall–Kier alpha value is -1.38. The predicted molar refractivity (Wildman–Crippen MR) is 81.9 cm³/mol. The van der Waals surface area contributed by atoms with Crippen LogP contribution in [0, 0.1) is 6.92 Å². The Balaban J connectivity index is 2.21. The van der Waals surface area contributed by atoms with Crippen molar-refractivity contribution in [3.8, 4) is 0 Å². The van der Waals surface area contributed by atoms with E-state index in [-0.39, 0.29) is 0 Å². The summed E-state index contributed by atoms with van der Waals surface area (Å²) in [6, 6.07) is 3.81. The summed E-state index contributed by atoms with van der Waals surface area (Å²) in [5.74, 6) is 1.49. The van der Waals surface area contributed by atoms with E-state index >= 15 is 0 Å². The maximum Gasteiger partial charge on any atom is 0.168 e. The monoisotopic (exact) mass is 308 g/mol. The molecule has 0 aromatic heterocycles. The minimum atomic E-state index is 0.533. The van der Waals surface area contributed by atoms with Crippen LogP contribution in [0.3, 0.4) is 0 Å². The zero-order chi connectivity index (χ0) is 14.1. The molecule has 0 bridgehead atoms. The number of ether oxygens (including phenoxy) is 2. The third kappa shape index (κ3) is 2.46. The number of halogens is 2. The van der Waals surface area contributed by atoms with Crippen LogP contribution in [-0.2, 0) is 9.47 Å². The highest BCUT2D eigenvalue weighted by atomic mass is 35.5. The lowest BCUT2D eigenvalue weighted by atomic mass is 10.0. The lowest BCUT2D eigenvalue weighted by Crippen LogP contribution is -2.15. The van der Waals surface area contributed by atoms with Crippen molar-refractivity contribution in [3.05, 3.63) is 63.1 Å². The number of hydrogen-bond acceptors (Lipinski definition) is 2. The fraction of sp³-hybridized carbons (Fsp3) is 0.250. The zero-order valence-electron chi connectivity index (χ0n) is 11.1. The maximum atomic E-state index is 6.38. The van der Waals surface area contributed by atoms with Gasteiger partial charge in [-0.25, -0.2) is 0 Å². The third-order valence-corrected chi connectivity index (χ3v) is 3.83. The van der Waals surface area contributed by atoms with E-state index in [2.05, 4.69) is 0 Å². The fourth-order valence-corrected chi connectivity index (χ4v) is 3.18. The van der Waals surface area contributed by atoms with Crippen LogP contribution in [0.25, 0.3) is 5.57 Å². The normalized spacial score (nSPS) is 17.9. The van der Waals surface area contributed by atoms with Crippen LogP contribution in [0.4, 0.5) is 0 Å². The first-order valence-electron chi connectivity index (χ1n) is 6.50.